The van der Waals surface area contributed by atoms with Crippen molar-refractivity contribution in [1.82, 2.24) is 9.97 Å². The largest absolute Gasteiger partial charge is 0.437 e. The number of aromatic nitrogens is 2. The third-order valence-corrected chi connectivity index (χ3v) is 8.63. The topological polar surface area (TPSA) is 38.9 Å². The van der Waals surface area contributed by atoms with Crippen LogP contribution in [0.25, 0.3) is 44.5 Å². The van der Waals surface area contributed by atoms with E-state index in [2.05, 4.69) is 43.7 Å². The number of hydrogen-bond donors (Lipinski definition) is 0. The molecule has 0 atom stereocenters. The van der Waals surface area contributed by atoms with Crippen LogP contribution in [0.5, 0.6) is 0 Å². The number of fused-ring (bicyclic) bond motifs is 3. The van der Waals surface area contributed by atoms with Crippen LogP contribution < -0.4 is 0 Å². The maximum absolute atomic E-state index is 9.99. The van der Waals surface area contributed by atoms with Gasteiger partial charge in [0.05, 0.1) is 5.69 Å². The van der Waals surface area contributed by atoms with Gasteiger partial charge in [-0.3, -0.25) is 4.98 Å². The van der Waals surface area contributed by atoms with Crippen molar-refractivity contribution in [3.05, 3.63) is 82.7 Å². The van der Waals surface area contributed by atoms with Gasteiger partial charge in [-0.25, -0.2) is 4.98 Å². The van der Waals surface area contributed by atoms with Gasteiger partial charge in [-0.1, -0.05) is 58.4 Å². The van der Waals surface area contributed by atoms with E-state index < -0.39 is 19.6 Å². The zero-order valence-corrected chi connectivity index (χ0v) is 23.6. The molecule has 0 aliphatic heterocycles. The summed E-state index contributed by atoms with van der Waals surface area (Å²) in [6.45, 7) is 8.03. The molecule has 0 N–H and O–H groups in total. The molecule has 3 heterocycles. The van der Waals surface area contributed by atoms with Gasteiger partial charge < -0.3 is 4.42 Å². The minimum atomic E-state index is -2.41. The number of rotatable bonds is 3. The Morgan fingerprint density at radius 2 is 1.62 bits per heavy atom. The van der Waals surface area contributed by atoms with Crippen LogP contribution in [0, 0.1) is 38.4 Å². The summed E-state index contributed by atoms with van der Waals surface area (Å²) in [6.07, 6.45) is 4.45. The lowest BCUT2D eigenvalue weighted by Crippen LogP contribution is -2.38. The van der Waals surface area contributed by atoms with E-state index in [0.717, 1.165) is 46.9 Å². The highest BCUT2D eigenvalue weighted by molar-refractivity contribution is 6.08. The molecule has 0 amide bonds. The second-order valence-corrected chi connectivity index (χ2v) is 12.4. The van der Waals surface area contributed by atoms with Crippen molar-refractivity contribution in [2.75, 3.05) is 0 Å². The number of furan rings is 1. The molecule has 0 radical (unpaired) electrons. The molecule has 1 saturated carbocycles. The van der Waals surface area contributed by atoms with Crippen molar-refractivity contribution in [2.24, 2.45) is 10.8 Å². The van der Waals surface area contributed by atoms with E-state index in [9.17, 15) is 1.37 Å². The van der Waals surface area contributed by atoms with Gasteiger partial charge in [-0.2, -0.15) is 0 Å². The first-order chi connectivity index (χ1) is 21.3. The number of nitrogens with zero attached hydrogens (tertiary/aromatic N) is 2. The van der Waals surface area contributed by atoms with Crippen molar-refractivity contribution >= 4 is 22.1 Å². The Kier molecular flexibility index (Phi) is 4.35. The summed E-state index contributed by atoms with van der Waals surface area (Å²) in [6, 6.07) is 14.8. The second kappa shape index (κ2) is 9.05. The number of para-hydroxylation sites is 1. The Balaban J connectivity index is 1.55. The maximum Gasteiger partial charge on any atom is 0.227 e. The number of hydrogen-bond acceptors (Lipinski definition) is 3. The standard InChI is InChI=1S/C36H40N2O/c1-21-18-30(33-35(5,6)15-10-16-36(33,7)8)22(2)17-28(21)29-19-31(37-20-23(29)3)27-12-9-11-25-26-14-13-24(4)38-34(26)39-32(25)27/h9,11-14,17-20,33H,10,15-16H2,1-8H3/i3D3,4D3,33D. The fourth-order valence-corrected chi connectivity index (χ4v) is 6.95. The van der Waals surface area contributed by atoms with Crippen molar-refractivity contribution in [2.45, 2.75) is 80.4 Å². The molecule has 3 aromatic heterocycles. The quantitative estimate of drug-likeness (QED) is 0.236. The lowest BCUT2D eigenvalue weighted by atomic mass is 9.54. The summed E-state index contributed by atoms with van der Waals surface area (Å²) in [7, 11) is 0. The smallest absolute Gasteiger partial charge is 0.227 e. The molecule has 0 spiro atoms. The lowest BCUT2D eigenvalue weighted by molar-refractivity contribution is 0.0723. The van der Waals surface area contributed by atoms with Crippen LogP contribution in [-0.2, 0) is 0 Å². The molecule has 6 rings (SSSR count). The van der Waals surface area contributed by atoms with Crippen LogP contribution >= 0.6 is 0 Å². The molecule has 39 heavy (non-hydrogen) atoms. The van der Waals surface area contributed by atoms with Crippen molar-refractivity contribution in [3.8, 4) is 22.4 Å². The van der Waals surface area contributed by atoms with E-state index in [1.807, 2.05) is 38.1 Å². The van der Waals surface area contributed by atoms with Crippen molar-refractivity contribution in [1.29, 1.82) is 0 Å². The van der Waals surface area contributed by atoms with Crippen LogP contribution in [0.1, 0.15) is 90.4 Å². The molecule has 0 saturated heterocycles. The van der Waals surface area contributed by atoms with Crippen LogP contribution in [0.4, 0.5) is 0 Å². The van der Waals surface area contributed by atoms with Crippen molar-refractivity contribution < 1.29 is 14.0 Å². The minimum absolute atomic E-state index is 0.0493. The average Bonchev–Trinajstić information content (AvgIpc) is 3.33. The Bertz CT molecular complexity index is 1980. The normalized spacial score (nSPS) is 21.3. The highest BCUT2D eigenvalue weighted by Gasteiger charge is 2.45. The van der Waals surface area contributed by atoms with E-state index in [1.165, 1.54) is 12.3 Å². The number of aryl methyl sites for hydroxylation is 4. The number of pyridine rings is 2. The van der Waals surface area contributed by atoms with Gasteiger partial charge >= 0.3 is 0 Å². The SMILES string of the molecule is [2H]C([2H])([2H])c1ccc2c(n1)oc1c(-c3cc(-c4cc(C)c(C5([2H])C(C)(C)CCCC5(C)C)cc4C)c(C([2H])([2H])[2H])cn3)cccc12. The summed E-state index contributed by atoms with van der Waals surface area (Å²) in [5, 5.41) is 1.44. The van der Waals surface area contributed by atoms with Gasteiger partial charge in [0.1, 0.15) is 5.58 Å². The summed E-state index contributed by atoms with van der Waals surface area (Å²) in [5.74, 6) is -0.827. The maximum atomic E-state index is 9.99. The molecule has 1 fully saturated rings. The zero-order chi connectivity index (χ0) is 33.6. The third kappa shape index (κ3) is 4.27. The van der Waals surface area contributed by atoms with Gasteiger partial charge in [-0.15, -0.1) is 0 Å². The van der Waals surface area contributed by atoms with Gasteiger partial charge in [0.25, 0.3) is 0 Å². The van der Waals surface area contributed by atoms with E-state index in [0.29, 0.717) is 27.8 Å². The monoisotopic (exact) mass is 523 g/mol. The number of benzene rings is 2. The third-order valence-electron chi connectivity index (χ3n) is 8.63. The predicted octanol–water partition coefficient (Wildman–Crippen LogP) is 10.3. The molecule has 0 unspecified atom stereocenters. The predicted molar refractivity (Wildman–Crippen MR) is 163 cm³/mol. The summed E-state index contributed by atoms with van der Waals surface area (Å²) < 4.78 is 64.5. The van der Waals surface area contributed by atoms with Gasteiger partial charge in [0.15, 0.2) is 0 Å². The van der Waals surface area contributed by atoms with E-state index >= 15 is 0 Å². The van der Waals surface area contributed by atoms with E-state index in [-0.39, 0.29) is 27.8 Å². The second-order valence-electron chi connectivity index (χ2n) is 12.4. The molecule has 0 bridgehead atoms. The first kappa shape index (κ1) is 18.8. The van der Waals surface area contributed by atoms with Gasteiger partial charge in [-0.05, 0) is 115 Å². The fourth-order valence-electron chi connectivity index (χ4n) is 6.95. The van der Waals surface area contributed by atoms with Gasteiger partial charge in [0.2, 0.25) is 5.71 Å². The minimum Gasteiger partial charge on any atom is -0.437 e. The first-order valence-corrected chi connectivity index (χ1v) is 13.7. The fraction of sp³-hybridized carbons (Fsp3) is 0.389. The molecule has 5 aromatic rings. The Morgan fingerprint density at radius 1 is 0.846 bits per heavy atom. The summed E-state index contributed by atoms with van der Waals surface area (Å²) in [4.78, 5) is 8.90. The molecule has 3 heteroatoms. The van der Waals surface area contributed by atoms with Crippen LogP contribution in [0.3, 0.4) is 0 Å². The Morgan fingerprint density at radius 3 is 2.36 bits per heavy atom. The van der Waals surface area contributed by atoms with Crippen LogP contribution in [0.2, 0.25) is 0 Å². The average molecular weight is 524 g/mol. The molecule has 1 aliphatic carbocycles. The highest BCUT2D eigenvalue weighted by Crippen LogP contribution is 2.57. The van der Waals surface area contributed by atoms with Gasteiger partial charge in [0, 0.05) is 37.8 Å². The molecule has 200 valence electrons. The molecular weight excluding hydrogens is 476 g/mol. The highest BCUT2D eigenvalue weighted by atomic mass is 16.3. The van der Waals surface area contributed by atoms with Crippen LogP contribution in [0.15, 0.2) is 59.1 Å². The molecule has 1 aliphatic rings. The van der Waals surface area contributed by atoms with Crippen molar-refractivity contribution in [3.63, 3.8) is 0 Å². The molecular formula is C36H40N2O. The zero-order valence-electron chi connectivity index (χ0n) is 30.6. The van der Waals surface area contributed by atoms with E-state index in [4.69, 9.17) is 12.6 Å². The summed E-state index contributed by atoms with van der Waals surface area (Å²) in [5.41, 5.74) is 5.67. The summed E-state index contributed by atoms with van der Waals surface area (Å²) >= 11 is 0. The first-order valence-electron chi connectivity index (χ1n) is 17.2. The van der Waals surface area contributed by atoms with Crippen LogP contribution in [-0.4, -0.2) is 9.97 Å². The molecule has 3 nitrogen and oxygen atoms in total. The Labute approximate surface area is 242 Å². The Hall–Kier alpha value is -3.46. The van der Waals surface area contributed by atoms with E-state index in [1.54, 1.807) is 12.1 Å². The molecule has 2 aromatic carbocycles. The lowest BCUT2D eigenvalue weighted by Gasteiger charge is -2.50.